The van der Waals surface area contributed by atoms with Gasteiger partial charge < -0.3 is 23.8 Å². The number of ether oxygens (including phenoxy) is 4. The summed E-state index contributed by atoms with van der Waals surface area (Å²) in [5.41, 5.74) is 1.19. The van der Waals surface area contributed by atoms with Crippen LogP contribution >= 0.6 is 0 Å². The Labute approximate surface area is 170 Å². The van der Waals surface area contributed by atoms with E-state index in [4.69, 9.17) is 18.9 Å². The third kappa shape index (κ3) is 4.56. The number of hydrogen-bond acceptors (Lipinski definition) is 6. The average molecular weight is 398 g/mol. The Morgan fingerprint density at radius 2 is 1.69 bits per heavy atom. The van der Waals surface area contributed by atoms with Crippen molar-refractivity contribution in [1.29, 1.82) is 0 Å². The van der Waals surface area contributed by atoms with E-state index in [1.54, 1.807) is 14.0 Å². The summed E-state index contributed by atoms with van der Waals surface area (Å²) in [6.07, 6.45) is -0.524. The first kappa shape index (κ1) is 19.4. The standard InChI is InChI=1S/C22H26N2O5/c1-16(29-19-6-4-18(26-2)5-7-19)22(25)24-11-9-23(10-12-24)14-17-3-8-20-21(13-17)28-15-27-20/h3-8,13,16H,9-12,14-15H2,1-2H3/t16-/m1/s1. The lowest BCUT2D eigenvalue weighted by atomic mass is 10.1. The van der Waals surface area contributed by atoms with Crippen LogP contribution in [0.15, 0.2) is 42.5 Å². The number of fused-ring (bicyclic) bond motifs is 1. The van der Waals surface area contributed by atoms with Gasteiger partial charge in [-0.15, -0.1) is 0 Å². The van der Waals surface area contributed by atoms with E-state index in [2.05, 4.69) is 11.0 Å². The molecule has 0 radical (unpaired) electrons. The second-order valence-corrected chi connectivity index (χ2v) is 7.22. The molecule has 2 aromatic rings. The maximum absolute atomic E-state index is 12.7. The zero-order chi connectivity index (χ0) is 20.2. The Kier molecular flexibility index (Phi) is 5.76. The van der Waals surface area contributed by atoms with Crippen molar-refractivity contribution in [3.8, 4) is 23.0 Å². The number of rotatable bonds is 6. The van der Waals surface area contributed by atoms with Gasteiger partial charge >= 0.3 is 0 Å². The van der Waals surface area contributed by atoms with Crippen molar-refractivity contribution in [2.75, 3.05) is 40.1 Å². The lowest BCUT2D eigenvalue weighted by Gasteiger charge is -2.35. The minimum absolute atomic E-state index is 0.0172. The van der Waals surface area contributed by atoms with E-state index in [0.29, 0.717) is 18.8 Å². The Morgan fingerprint density at radius 1 is 1.00 bits per heavy atom. The maximum Gasteiger partial charge on any atom is 0.263 e. The van der Waals surface area contributed by atoms with Crippen LogP contribution in [0.2, 0.25) is 0 Å². The minimum Gasteiger partial charge on any atom is -0.497 e. The van der Waals surface area contributed by atoms with E-state index < -0.39 is 6.10 Å². The lowest BCUT2D eigenvalue weighted by Crippen LogP contribution is -2.51. The normalized spacial score (nSPS) is 17.1. The first-order valence-corrected chi connectivity index (χ1v) is 9.83. The van der Waals surface area contributed by atoms with Crippen LogP contribution in [0.25, 0.3) is 0 Å². The molecule has 0 saturated carbocycles. The van der Waals surface area contributed by atoms with Crippen molar-refractivity contribution in [2.24, 2.45) is 0 Å². The van der Waals surface area contributed by atoms with E-state index in [0.717, 1.165) is 36.9 Å². The third-order valence-electron chi connectivity index (χ3n) is 5.25. The predicted octanol–water partition coefficient (Wildman–Crippen LogP) is 2.54. The molecular weight excluding hydrogens is 372 g/mol. The summed E-state index contributed by atoms with van der Waals surface area (Å²) in [5, 5.41) is 0. The van der Waals surface area contributed by atoms with Crippen LogP contribution in [0.5, 0.6) is 23.0 Å². The van der Waals surface area contributed by atoms with E-state index >= 15 is 0 Å². The summed E-state index contributed by atoms with van der Waals surface area (Å²) in [4.78, 5) is 17.0. The molecule has 1 fully saturated rings. The van der Waals surface area contributed by atoms with Gasteiger partial charge in [-0.3, -0.25) is 9.69 Å². The largest absolute Gasteiger partial charge is 0.497 e. The van der Waals surface area contributed by atoms with Gasteiger partial charge in [-0.05, 0) is 48.9 Å². The van der Waals surface area contributed by atoms with Gasteiger partial charge in [0.15, 0.2) is 17.6 Å². The molecule has 0 bridgehead atoms. The highest BCUT2D eigenvalue weighted by molar-refractivity contribution is 5.81. The van der Waals surface area contributed by atoms with Crippen LogP contribution in [-0.4, -0.2) is 61.9 Å². The van der Waals surface area contributed by atoms with Crippen molar-refractivity contribution in [3.63, 3.8) is 0 Å². The summed E-state index contributed by atoms with van der Waals surface area (Å²) in [6, 6.07) is 13.3. The highest BCUT2D eigenvalue weighted by atomic mass is 16.7. The Bertz CT molecular complexity index is 847. The highest BCUT2D eigenvalue weighted by Gasteiger charge is 2.26. The van der Waals surface area contributed by atoms with E-state index in [1.807, 2.05) is 41.3 Å². The zero-order valence-electron chi connectivity index (χ0n) is 16.8. The van der Waals surface area contributed by atoms with Crippen molar-refractivity contribution < 1.29 is 23.7 Å². The average Bonchev–Trinajstić information content (AvgIpc) is 3.22. The molecule has 154 valence electrons. The number of methoxy groups -OCH3 is 1. The molecule has 29 heavy (non-hydrogen) atoms. The van der Waals surface area contributed by atoms with Crippen LogP contribution in [0.3, 0.4) is 0 Å². The Morgan fingerprint density at radius 3 is 2.41 bits per heavy atom. The molecule has 2 heterocycles. The Hall–Kier alpha value is -2.93. The van der Waals surface area contributed by atoms with Gasteiger partial charge in [0.1, 0.15) is 11.5 Å². The molecule has 2 aromatic carbocycles. The van der Waals surface area contributed by atoms with Crippen LogP contribution in [0.4, 0.5) is 0 Å². The molecule has 0 N–H and O–H groups in total. The van der Waals surface area contributed by atoms with E-state index in [-0.39, 0.29) is 12.7 Å². The van der Waals surface area contributed by atoms with Gasteiger partial charge in [-0.1, -0.05) is 6.07 Å². The molecule has 0 aromatic heterocycles. The number of carbonyl (C=O) groups excluding carboxylic acids is 1. The number of benzene rings is 2. The van der Waals surface area contributed by atoms with Gasteiger partial charge in [-0.2, -0.15) is 0 Å². The number of hydrogen-bond donors (Lipinski definition) is 0. The van der Waals surface area contributed by atoms with Gasteiger partial charge in [0.2, 0.25) is 6.79 Å². The smallest absolute Gasteiger partial charge is 0.263 e. The van der Waals surface area contributed by atoms with Gasteiger partial charge in [0.25, 0.3) is 5.91 Å². The van der Waals surface area contributed by atoms with E-state index in [9.17, 15) is 4.79 Å². The first-order chi connectivity index (χ1) is 14.1. The number of amides is 1. The third-order valence-corrected chi connectivity index (χ3v) is 5.25. The van der Waals surface area contributed by atoms with Crippen molar-refractivity contribution in [3.05, 3.63) is 48.0 Å². The van der Waals surface area contributed by atoms with E-state index in [1.165, 1.54) is 5.56 Å². The molecule has 7 heteroatoms. The van der Waals surface area contributed by atoms with Crippen LogP contribution in [0, 0.1) is 0 Å². The second kappa shape index (κ2) is 8.61. The summed E-state index contributed by atoms with van der Waals surface area (Å²) in [6.45, 7) is 5.96. The fourth-order valence-corrected chi connectivity index (χ4v) is 3.59. The van der Waals surface area contributed by atoms with Crippen LogP contribution in [-0.2, 0) is 11.3 Å². The number of piperazine rings is 1. The predicted molar refractivity (Wildman–Crippen MR) is 108 cm³/mol. The van der Waals surface area contributed by atoms with Crippen molar-refractivity contribution in [1.82, 2.24) is 9.80 Å². The van der Waals surface area contributed by atoms with Crippen LogP contribution in [0.1, 0.15) is 12.5 Å². The fourth-order valence-electron chi connectivity index (χ4n) is 3.59. The molecule has 7 nitrogen and oxygen atoms in total. The molecule has 4 rings (SSSR count). The van der Waals surface area contributed by atoms with Crippen molar-refractivity contribution in [2.45, 2.75) is 19.6 Å². The molecule has 2 aliphatic heterocycles. The summed E-state index contributed by atoms with van der Waals surface area (Å²) < 4.78 is 21.8. The SMILES string of the molecule is COc1ccc(O[C@H](C)C(=O)N2CCN(Cc3ccc4c(c3)OCO4)CC2)cc1. The van der Waals surface area contributed by atoms with Crippen molar-refractivity contribution >= 4 is 5.91 Å². The molecule has 0 aliphatic carbocycles. The topological polar surface area (TPSA) is 60.5 Å². The van der Waals surface area contributed by atoms with Crippen LogP contribution < -0.4 is 18.9 Å². The molecule has 1 amide bonds. The number of carbonyl (C=O) groups is 1. The molecule has 1 saturated heterocycles. The lowest BCUT2D eigenvalue weighted by molar-refractivity contribution is -0.139. The highest BCUT2D eigenvalue weighted by Crippen LogP contribution is 2.32. The molecule has 1 atom stereocenters. The van der Waals surface area contributed by atoms with Gasteiger partial charge in [0.05, 0.1) is 7.11 Å². The molecular formula is C22H26N2O5. The van der Waals surface area contributed by atoms with Gasteiger partial charge in [-0.25, -0.2) is 0 Å². The summed E-state index contributed by atoms with van der Waals surface area (Å²) in [5.74, 6) is 3.04. The second-order valence-electron chi connectivity index (χ2n) is 7.22. The minimum atomic E-state index is -0.524. The number of nitrogens with zero attached hydrogens (tertiary/aromatic N) is 2. The zero-order valence-corrected chi connectivity index (χ0v) is 16.8. The quantitative estimate of drug-likeness (QED) is 0.745. The first-order valence-electron chi connectivity index (χ1n) is 9.83. The monoisotopic (exact) mass is 398 g/mol. The molecule has 0 spiro atoms. The summed E-state index contributed by atoms with van der Waals surface area (Å²) in [7, 11) is 1.62. The summed E-state index contributed by atoms with van der Waals surface area (Å²) >= 11 is 0. The Balaban J connectivity index is 1.26. The molecule has 0 unspecified atom stereocenters. The maximum atomic E-state index is 12.7. The fraction of sp³-hybridized carbons (Fsp3) is 0.409. The molecule has 2 aliphatic rings. The van der Waals surface area contributed by atoms with Gasteiger partial charge in [0, 0.05) is 32.7 Å².